The number of aromatic nitrogens is 4. The minimum atomic E-state index is 0.0154. The normalized spacial score (nSPS) is 14.1. The Labute approximate surface area is 206 Å². The number of ether oxygens (including phenoxy) is 1. The number of imidazole rings is 1. The molecular formula is C26H24N6O2S. The zero-order valence-corrected chi connectivity index (χ0v) is 20.1. The first kappa shape index (κ1) is 21.5. The predicted octanol–water partition coefficient (Wildman–Crippen LogP) is 4.19. The van der Waals surface area contributed by atoms with E-state index in [-0.39, 0.29) is 5.91 Å². The van der Waals surface area contributed by atoms with Gasteiger partial charge in [-0.1, -0.05) is 12.1 Å². The SMILES string of the molecule is Cc1ccc2nc(COc3cccc(C(=O)N4CCN(c5ncnc6sccc56)CC4)c3)cn2c1. The lowest BCUT2D eigenvalue weighted by Crippen LogP contribution is -2.49. The first-order valence-electron chi connectivity index (χ1n) is 11.5. The molecule has 6 rings (SSSR count). The Morgan fingerprint density at radius 1 is 1.06 bits per heavy atom. The predicted molar refractivity (Wildman–Crippen MR) is 136 cm³/mol. The number of piperazine rings is 1. The zero-order chi connectivity index (χ0) is 23.8. The first-order chi connectivity index (χ1) is 17.1. The number of benzene rings is 1. The van der Waals surface area contributed by atoms with Crippen molar-refractivity contribution in [2.75, 3.05) is 31.1 Å². The Hall–Kier alpha value is -3.98. The maximum atomic E-state index is 13.2. The number of hydrogen-bond donors (Lipinski definition) is 0. The molecule has 0 saturated carbocycles. The molecule has 0 radical (unpaired) electrons. The Balaban J connectivity index is 1.10. The molecule has 35 heavy (non-hydrogen) atoms. The standard InChI is InChI=1S/C26H24N6O2S/c1-18-5-6-23-29-20(15-32(23)14-18)16-34-21-4-2-3-19(13-21)26(33)31-10-8-30(9-11-31)24-22-7-12-35-25(22)28-17-27-24/h2-7,12-15,17H,8-11,16H2,1H3. The molecule has 0 atom stereocenters. The van der Waals surface area contributed by atoms with Crippen molar-refractivity contribution in [3.63, 3.8) is 0 Å². The van der Waals surface area contributed by atoms with Gasteiger partial charge in [-0.15, -0.1) is 11.3 Å². The lowest BCUT2D eigenvalue weighted by Gasteiger charge is -2.35. The highest BCUT2D eigenvalue weighted by atomic mass is 32.1. The van der Waals surface area contributed by atoms with Gasteiger partial charge in [0.05, 0.1) is 11.1 Å². The molecule has 0 aliphatic carbocycles. The van der Waals surface area contributed by atoms with Crippen LogP contribution in [0, 0.1) is 6.92 Å². The number of aryl methyl sites for hydroxylation is 1. The molecule has 9 heteroatoms. The van der Waals surface area contributed by atoms with Crippen LogP contribution < -0.4 is 9.64 Å². The fraction of sp³-hybridized carbons (Fsp3) is 0.231. The van der Waals surface area contributed by atoms with Crippen LogP contribution in [0.2, 0.25) is 0 Å². The molecule has 1 aromatic carbocycles. The molecule has 0 unspecified atom stereocenters. The molecule has 176 valence electrons. The fourth-order valence-corrected chi connectivity index (χ4v) is 5.16. The summed E-state index contributed by atoms with van der Waals surface area (Å²) in [4.78, 5) is 31.8. The van der Waals surface area contributed by atoms with Crippen molar-refractivity contribution in [2.24, 2.45) is 0 Å². The summed E-state index contributed by atoms with van der Waals surface area (Å²) in [6.07, 6.45) is 5.63. The van der Waals surface area contributed by atoms with Crippen LogP contribution in [0.25, 0.3) is 15.9 Å². The number of carbonyl (C=O) groups is 1. The molecule has 0 spiro atoms. The highest BCUT2D eigenvalue weighted by Crippen LogP contribution is 2.27. The van der Waals surface area contributed by atoms with E-state index in [0.717, 1.165) is 40.5 Å². The van der Waals surface area contributed by atoms with Gasteiger partial charge in [0.1, 0.15) is 35.0 Å². The van der Waals surface area contributed by atoms with Gasteiger partial charge in [-0.25, -0.2) is 15.0 Å². The van der Waals surface area contributed by atoms with E-state index in [1.807, 2.05) is 63.5 Å². The Morgan fingerprint density at radius 2 is 1.94 bits per heavy atom. The van der Waals surface area contributed by atoms with Crippen LogP contribution in [0.4, 0.5) is 5.82 Å². The smallest absolute Gasteiger partial charge is 0.254 e. The molecule has 1 aliphatic rings. The van der Waals surface area contributed by atoms with E-state index < -0.39 is 0 Å². The van der Waals surface area contributed by atoms with Crippen LogP contribution in [-0.4, -0.2) is 56.3 Å². The maximum absolute atomic E-state index is 13.2. The first-order valence-corrected chi connectivity index (χ1v) is 12.4. The van der Waals surface area contributed by atoms with E-state index in [4.69, 9.17) is 4.74 Å². The average Bonchev–Trinajstić information content (AvgIpc) is 3.54. The Bertz CT molecular complexity index is 1520. The van der Waals surface area contributed by atoms with Gasteiger partial charge in [-0.3, -0.25) is 4.79 Å². The van der Waals surface area contributed by atoms with Gasteiger partial charge < -0.3 is 18.9 Å². The minimum absolute atomic E-state index is 0.0154. The largest absolute Gasteiger partial charge is 0.487 e. The summed E-state index contributed by atoms with van der Waals surface area (Å²) >= 11 is 1.61. The maximum Gasteiger partial charge on any atom is 0.254 e. The number of pyridine rings is 1. The van der Waals surface area contributed by atoms with Crippen molar-refractivity contribution in [3.05, 3.63) is 83.4 Å². The number of amides is 1. The topological polar surface area (TPSA) is 75.9 Å². The van der Waals surface area contributed by atoms with Crippen molar-refractivity contribution in [3.8, 4) is 5.75 Å². The molecule has 5 heterocycles. The summed E-state index contributed by atoms with van der Waals surface area (Å²) in [6.45, 7) is 5.14. The third kappa shape index (κ3) is 4.30. The minimum Gasteiger partial charge on any atom is -0.487 e. The van der Waals surface area contributed by atoms with Gasteiger partial charge in [0.25, 0.3) is 5.91 Å². The summed E-state index contributed by atoms with van der Waals surface area (Å²) in [6, 6.07) is 13.5. The second-order valence-corrected chi connectivity index (χ2v) is 9.53. The molecule has 1 fully saturated rings. The molecular weight excluding hydrogens is 460 g/mol. The summed E-state index contributed by atoms with van der Waals surface area (Å²) in [5.74, 6) is 1.62. The number of rotatable bonds is 5. The number of fused-ring (bicyclic) bond motifs is 2. The van der Waals surface area contributed by atoms with Gasteiger partial charge >= 0.3 is 0 Å². The quantitative estimate of drug-likeness (QED) is 0.372. The van der Waals surface area contributed by atoms with Gasteiger partial charge in [0.15, 0.2) is 0 Å². The number of nitrogens with zero attached hydrogens (tertiary/aromatic N) is 6. The third-order valence-corrected chi connectivity index (χ3v) is 7.04. The average molecular weight is 485 g/mol. The molecule has 4 aromatic heterocycles. The Kier molecular flexibility index (Phi) is 5.54. The molecule has 1 saturated heterocycles. The van der Waals surface area contributed by atoms with Crippen molar-refractivity contribution in [1.82, 2.24) is 24.3 Å². The highest BCUT2D eigenvalue weighted by Gasteiger charge is 2.24. The van der Waals surface area contributed by atoms with Crippen molar-refractivity contribution < 1.29 is 9.53 Å². The molecule has 0 bridgehead atoms. The van der Waals surface area contributed by atoms with Crippen LogP contribution in [-0.2, 0) is 6.61 Å². The van der Waals surface area contributed by atoms with E-state index in [1.54, 1.807) is 17.7 Å². The second-order valence-electron chi connectivity index (χ2n) is 8.64. The van der Waals surface area contributed by atoms with E-state index in [9.17, 15) is 4.79 Å². The van der Waals surface area contributed by atoms with Gasteiger partial charge in [0.2, 0.25) is 0 Å². The second kappa shape index (κ2) is 8.99. The molecule has 1 amide bonds. The van der Waals surface area contributed by atoms with E-state index in [2.05, 4.69) is 32.8 Å². The van der Waals surface area contributed by atoms with Crippen molar-refractivity contribution in [2.45, 2.75) is 13.5 Å². The third-order valence-electron chi connectivity index (χ3n) is 6.22. The van der Waals surface area contributed by atoms with Crippen LogP contribution in [0.5, 0.6) is 5.75 Å². The van der Waals surface area contributed by atoms with E-state index >= 15 is 0 Å². The van der Waals surface area contributed by atoms with Gasteiger partial charge in [0, 0.05) is 44.1 Å². The monoisotopic (exact) mass is 484 g/mol. The van der Waals surface area contributed by atoms with E-state index in [0.29, 0.717) is 31.0 Å². The van der Waals surface area contributed by atoms with Crippen LogP contribution in [0.1, 0.15) is 21.6 Å². The lowest BCUT2D eigenvalue weighted by atomic mass is 10.1. The lowest BCUT2D eigenvalue weighted by molar-refractivity contribution is 0.0746. The molecule has 1 aliphatic heterocycles. The summed E-state index contributed by atoms with van der Waals surface area (Å²) in [5.41, 5.74) is 3.53. The Morgan fingerprint density at radius 3 is 2.83 bits per heavy atom. The number of hydrogen-bond acceptors (Lipinski definition) is 7. The van der Waals surface area contributed by atoms with Crippen molar-refractivity contribution in [1.29, 1.82) is 0 Å². The van der Waals surface area contributed by atoms with Crippen LogP contribution >= 0.6 is 11.3 Å². The van der Waals surface area contributed by atoms with Gasteiger partial charge in [-0.2, -0.15) is 0 Å². The highest BCUT2D eigenvalue weighted by molar-refractivity contribution is 7.16. The number of carbonyl (C=O) groups excluding carboxylic acids is 1. The molecule has 5 aromatic rings. The van der Waals surface area contributed by atoms with Gasteiger partial charge in [-0.05, 0) is 48.2 Å². The number of anilines is 1. The van der Waals surface area contributed by atoms with Crippen LogP contribution in [0.15, 0.2) is 66.6 Å². The summed E-state index contributed by atoms with van der Waals surface area (Å²) < 4.78 is 7.97. The fourth-order valence-electron chi connectivity index (χ4n) is 4.43. The molecule has 0 N–H and O–H groups in total. The summed E-state index contributed by atoms with van der Waals surface area (Å²) in [7, 11) is 0. The molecule has 8 nitrogen and oxygen atoms in total. The van der Waals surface area contributed by atoms with Crippen LogP contribution in [0.3, 0.4) is 0 Å². The van der Waals surface area contributed by atoms with E-state index in [1.165, 1.54) is 5.56 Å². The van der Waals surface area contributed by atoms with Crippen molar-refractivity contribution >= 4 is 38.9 Å². The zero-order valence-electron chi connectivity index (χ0n) is 19.3. The number of thiophene rings is 1. The summed E-state index contributed by atoms with van der Waals surface area (Å²) in [5, 5.41) is 3.11.